The van der Waals surface area contributed by atoms with Crippen molar-refractivity contribution in [1.29, 1.82) is 0 Å². The minimum atomic E-state index is -0.369. The van der Waals surface area contributed by atoms with Crippen molar-refractivity contribution in [3.05, 3.63) is 53.9 Å². The van der Waals surface area contributed by atoms with Crippen LogP contribution in [0.15, 0.2) is 42.7 Å². The van der Waals surface area contributed by atoms with E-state index in [-0.39, 0.29) is 6.10 Å². The minimum Gasteiger partial charge on any atom is -0.390 e. The van der Waals surface area contributed by atoms with Crippen LogP contribution in [0.3, 0.4) is 0 Å². The number of fused-ring (bicyclic) bond motifs is 2. The largest absolute Gasteiger partial charge is 0.390 e. The standard InChI is InChI=1S/C17H21N3O/c21-15(12-20-9-3-8-18-20)11-19-10-14-4-1-2-5-16(14)17(13-19)6-7-17/h1-5,8-9,15,21H,6-7,10-13H2. The van der Waals surface area contributed by atoms with E-state index in [9.17, 15) is 5.11 Å². The zero-order valence-corrected chi connectivity index (χ0v) is 12.2. The van der Waals surface area contributed by atoms with Gasteiger partial charge in [0.15, 0.2) is 0 Å². The van der Waals surface area contributed by atoms with Gasteiger partial charge in [-0.1, -0.05) is 24.3 Å². The first-order valence-corrected chi connectivity index (χ1v) is 7.71. The number of aliphatic hydroxyl groups excluding tert-OH is 1. The maximum atomic E-state index is 10.3. The number of β-amino-alcohol motifs (C(OH)–C–C–N with tert-alkyl or cyclic N) is 1. The maximum Gasteiger partial charge on any atom is 0.0862 e. The van der Waals surface area contributed by atoms with Crippen molar-refractivity contribution in [2.24, 2.45) is 0 Å². The highest BCUT2D eigenvalue weighted by Crippen LogP contribution is 2.52. The van der Waals surface area contributed by atoms with Crippen LogP contribution in [-0.2, 0) is 18.5 Å². The van der Waals surface area contributed by atoms with Gasteiger partial charge >= 0.3 is 0 Å². The second-order valence-electron chi connectivity index (χ2n) is 6.49. The SMILES string of the molecule is OC(CN1Cc2ccccc2C2(CC2)C1)Cn1cccn1. The van der Waals surface area contributed by atoms with Crippen LogP contribution < -0.4 is 0 Å². The van der Waals surface area contributed by atoms with Crippen molar-refractivity contribution >= 4 is 0 Å². The van der Waals surface area contributed by atoms with Crippen molar-refractivity contribution in [2.45, 2.75) is 37.5 Å². The minimum absolute atomic E-state index is 0.369. The summed E-state index contributed by atoms with van der Waals surface area (Å²) in [5, 5.41) is 14.5. The molecule has 2 aliphatic rings. The van der Waals surface area contributed by atoms with E-state index in [0.717, 1.165) is 19.6 Å². The molecule has 0 saturated heterocycles. The molecule has 1 saturated carbocycles. The fourth-order valence-electron chi connectivity index (χ4n) is 3.67. The number of hydrogen-bond donors (Lipinski definition) is 1. The van der Waals surface area contributed by atoms with Gasteiger partial charge in [0.25, 0.3) is 0 Å². The first-order valence-electron chi connectivity index (χ1n) is 7.71. The third-order valence-corrected chi connectivity index (χ3v) is 4.79. The summed E-state index contributed by atoms with van der Waals surface area (Å²) in [5.74, 6) is 0. The summed E-state index contributed by atoms with van der Waals surface area (Å²) < 4.78 is 1.80. The number of benzene rings is 1. The molecule has 0 bridgehead atoms. The predicted molar refractivity (Wildman–Crippen MR) is 80.9 cm³/mol. The third kappa shape index (κ3) is 2.49. The lowest BCUT2D eigenvalue weighted by atomic mass is 9.87. The fraction of sp³-hybridized carbons (Fsp3) is 0.471. The number of rotatable bonds is 4. The summed E-state index contributed by atoms with van der Waals surface area (Å²) in [7, 11) is 0. The van der Waals surface area contributed by atoms with Gasteiger partial charge in [-0.05, 0) is 30.0 Å². The summed E-state index contributed by atoms with van der Waals surface area (Å²) in [6.45, 7) is 3.32. The predicted octanol–water partition coefficient (Wildman–Crippen LogP) is 1.79. The van der Waals surface area contributed by atoms with E-state index in [1.807, 2.05) is 12.3 Å². The van der Waals surface area contributed by atoms with E-state index in [0.29, 0.717) is 12.0 Å². The molecule has 1 aromatic carbocycles. The van der Waals surface area contributed by atoms with Gasteiger partial charge in [-0.15, -0.1) is 0 Å². The van der Waals surface area contributed by atoms with E-state index in [1.165, 1.54) is 18.4 Å². The van der Waals surface area contributed by atoms with Crippen LogP contribution in [0.25, 0.3) is 0 Å². The summed E-state index contributed by atoms with van der Waals surface area (Å²) in [6.07, 6.45) is 5.86. The summed E-state index contributed by atoms with van der Waals surface area (Å²) >= 11 is 0. The molecule has 0 radical (unpaired) electrons. The molecule has 1 unspecified atom stereocenters. The van der Waals surface area contributed by atoms with E-state index < -0.39 is 0 Å². The van der Waals surface area contributed by atoms with E-state index in [2.05, 4.69) is 34.3 Å². The molecular formula is C17H21N3O. The number of aliphatic hydroxyl groups is 1. The molecule has 2 heterocycles. The molecule has 1 N–H and O–H groups in total. The molecule has 1 aliphatic heterocycles. The van der Waals surface area contributed by atoms with Crippen LogP contribution in [0.5, 0.6) is 0 Å². The molecule has 1 atom stereocenters. The molecule has 1 fully saturated rings. The van der Waals surface area contributed by atoms with Crippen LogP contribution in [0.4, 0.5) is 0 Å². The van der Waals surface area contributed by atoms with Gasteiger partial charge in [0.1, 0.15) is 0 Å². The maximum absolute atomic E-state index is 10.3. The average Bonchev–Trinajstić information content (AvgIpc) is 3.04. The van der Waals surface area contributed by atoms with Gasteiger partial charge in [0, 0.05) is 37.4 Å². The quantitative estimate of drug-likeness (QED) is 0.930. The first kappa shape index (κ1) is 13.0. The van der Waals surface area contributed by atoms with Crippen molar-refractivity contribution in [1.82, 2.24) is 14.7 Å². The molecular weight excluding hydrogens is 262 g/mol. The fourth-order valence-corrected chi connectivity index (χ4v) is 3.67. The van der Waals surface area contributed by atoms with Crippen molar-refractivity contribution in [2.75, 3.05) is 13.1 Å². The normalized spacial score (nSPS) is 21.2. The lowest BCUT2D eigenvalue weighted by Crippen LogP contribution is -2.42. The Kier molecular flexibility index (Phi) is 3.08. The summed E-state index contributed by atoms with van der Waals surface area (Å²) in [5.41, 5.74) is 3.36. The van der Waals surface area contributed by atoms with Gasteiger partial charge in [0.2, 0.25) is 0 Å². The second kappa shape index (κ2) is 4.97. The lowest BCUT2D eigenvalue weighted by Gasteiger charge is -2.36. The highest BCUT2D eigenvalue weighted by Gasteiger charge is 2.48. The number of nitrogens with zero attached hydrogens (tertiary/aromatic N) is 3. The Hall–Kier alpha value is -1.65. The molecule has 110 valence electrons. The first-order chi connectivity index (χ1) is 10.3. The molecule has 1 aromatic heterocycles. The lowest BCUT2D eigenvalue weighted by molar-refractivity contribution is 0.0819. The molecule has 4 heteroatoms. The van der Waals surface area contributed by atoms with Gasteiger partial charge in [0.05, 0.1) is 12.6 Å². The molecule has 21 heavy (non-hydrogen) atoms. The van der Waals surface area contributed by atoms with Gasteiger partial charge in [-0.2, -0.15) is 5.10 Å². The monoisotopic (exact) mass is 283 g/mol. The van der Waals surface area contributed by atoms with Crippen LogP contribution >= 0.6 is 0 Å². The van der Waals surface area contributed by atoms with E-state index in [1.54, 1.807) is 16.4 Å². The molecule has 1 aliphatic carbocycles. The Morgan fingerprint density at radius 3 is 2.81 bits per heavy atom. The zero-order valence-electron chi connectivity index (χ0n) is 12.2. The van der Waals surface area contributed by atoms with E-state index in [4.69, 9.17) is 0 Å². The van der Waals surface area contributed by atoms with Crippen LogP contribution in [0.1, 0.15) is 24.0 Å². The Labute approximate surface area is 125 Å². The third-order valence-electron chi connectivity index (χ3n) is 4.79. The second-order valence-corrected chi connectivity index (χ2v) is 6.49. The van der Waals surface area contributed by atoms with Gasteiger partial charge < -0.3 is 5.11 Å². The zero-order chi connectivity index (χ0) is 14.3. The van der Waals surface area contributed by atoms with E-state index >= 15 is 0 Å². The molecule has 1 spiro atoms. The molecule has 4 rings (SSSR count). The van der Waals surface area contributed by atoms with Crippen molar-refractivity contribution in [3.8, 4) is 0 Å². The molecule has 0 amide bonds. The highest BCUT2D eigenvalue weighted by molar-refractivity contribution is 5.41. The molecule has 2 aromatic rings. The van der Waals surface area contributed by atoms with Crippen LogP contribution in [0.2, 0.25) is 0 Å². The van der Waals surface area contributed by atoms with Gasteiger partial charge in [-0.25, -0.2) is 0 Å². The smallest absolute Gasteiger partial charge is 0.0862 e. The summed E-state index contributed by atoms with van der Waals surface area (Å²) in [4.78, 5) is 2.41. The highest BCUT2D eigenvalue weighted by atomic mass is 16.3. The average molecular weight is 283 g/mol. The number of hydrogen-bond acceptors (Lipinski definition) is 3. The Morgan fingerprint density at radius 1 is 1.19 bits per heavy atom. The Bertz CT molecular complexity index is 619. The Balaban J connectivity index is 1.46. The van der Waals surface area contributed by atoms with Crippen LogP contribution in [0, 0.1) is 0 Å². The van der Waals surface area contributed by atoms with Crippen molar-refractivity contribution in [3.63, 3.8) is 0 Å². The molecule has 4 nitrogen and oxygen atoms in total. The van der Waals surface area contributed by atoms with Crippen LogP contribution in [-0.4, -0.2) is 39.0 Å². The van der Waals surface area contributed by atoms with Gasteiger partial charge in [-0.3, -0.25) is 9.58 Å². The van der Waals surface area contributed by atoms with Crippen molar-refractivity contribution < 1.29 is 5.11 Å². The Morgan fingerprint density at radius 2 is 2.05 bits per heavy atom. The number of aromatic nitrogens is 2. The summed E-state index contributed by atoms with van der Waals surface area (Å²) in [6, 6.07) is 10.7. The topological polar surface area (TPSA) is 41.3 Å².